The van der Waals surface area contributed by atoms with E-state index in [0.717, 1.165) is 30.2 Å². The third-order valence-corrected chi connectivity index (χ3v) is 4.30. The van der Waals surface area contributed by atoms with Gasteiger partial charge in [-0.05, 0) is 24.9 Å². The van der Waals surface area contributed by atoms with E-state index in [1.807, 2.05) is 17.8 Å². The molecule has 2 rings (SSSR count). The molecule has 0 bridgehead atoms. The van der Waals surface area contributed by atoms with Crippen molar-refractivity contribution in [2.24, 2.45) is 0 Å². The maximum atomic E-state index is 6.24. The summed E-state index contributed by atoms with van der Waals surface area (Å²) in [5.74, 6) is 3.74. The Hall–Kier alpha value is -0.900. The molecular weight excluding hydrogens is 242 g/mol. The first-order valence-electron chi connectivity index (χ1n) is 6.72. The van der Waals surface area contributed by atoms with Gasteiger partial charge in [-0.15, -0.1) is 6.58 Å². The van der Waals surface area contributed by atoms with Crippen molar-refractivity contribution in [3.05, 3.63) is 24.2 Å². The van der Waals surface area contributed by atoms with Crippen molar-refractivity contribution < 1.29 is 0 Å². The summed E-state index contributed by atoms with van der Waals surface area (Å²) in [5.41, 5.74) is 7.32. The van der Waals surface area contributed by atoms with Crippen LogP contribution < -0.4 is 5.73 Å². The molecule has 1 aromatic rings. The molecule has 4 heteroatoms. The quantitative estimate of drug-likeness (QED) is 0.803. The van der Waals surface area contributed by atoms with Crippen LogP contribution in [-0.4, -0.2) is 21.6 Å². The van der Waals surface area contributed by atoms with Crippen LogP contribution in [0.15, 0.2) is 12.7 Å². The number of imidazole rings is 1. The van der Waals surface area contributed by atoms with Crippen LogP contribution in [0, 0.1) is 0 Å². The van der Waals surface area contributed by atoms with Crippen molar-refractivity contribution in [3.63, 3.8) is 0 Å². The van der Waals surface area contributed by atoms with Gasteiger partial charge in [0, 0.05) is 18.9 Å². The predicted octanol–water partition coefficient (Wildman–Crippen LogP) is 3.21. The van der Waals surface area contributed by atoms with Gasteiger partial charge < -0.3 is 10.3 Å². The molecule has 0 aliphatic heterocycles. The molecule has 1 saturated carbocycles. The second-order valence-corrected chi connectivity index (χ2v) is 5.91. The van der Waals surface area contributed by atoms with Gasteiger partial charge in [-0.2, -0.15) is 11.8 Å². The molecule has 0 radical (unpaired) electrons. The van der Waals surface area contributed by atoms with Crippen LogP contribution in [0.3, 0.4) is 0 Å². The van der Waals surface area contributed by atoms with E-state index in [9.17, 15) is 0 Å². The fourth-order valence-electron chi connectivity index (χ4n) is 2.73. The number of aromatic nitrogens is 2. The van der Waals surface area contributed by atoms with E-state index < -0.39 is 0 Å². The van der Waals surface area contributed by atoms with Gasteiger partial charge in [-0.1, -0.05) is 18.9 Å². The molecule has 1 aromatic heterocycles. The van der Waals surface area contributed by atoms with Crippen LogP contribution in [0.2, 0.25) is 0 Å². The smallest absolute Gasteiger partial charge is 0.127 e. The summed E-state index contributed by atoms with van der Waals surface area (Å²) in [7, 11) is 0. The normalized spacial score (nSPS) is 16.3. The lowest BCUT2D eigenvalue weighted by Crippen LogP contribution is -2.08. The first-order valence-corrected chi connectivity index (χ1v) is 8.12. The fourth-order valence-corrected chi connectivity index (χ4v) is 3.13. The van der Waals surface area contributed by atoms with Gasteiger partial charge in [0.2, 0.25) is 0 Å². The molecule has 0 atom stereocenters. The summed E-state index contributed by atoms with van der Waals surface area (Å²) < 4.78 is 2.17. The van der Waals surface area contributed by atoms with Gasteiger partial charge in [-0.25, -0.2) is 4.98 Å². The highest BCUT2D eigenvalue weighted by Gasteiger charge is 2.24. The number of allylic oxidation sites excluding steroid dienone is 1. The third kappa shape index (κ3) is 2.74. The van der Waals surface area contributed by atoms with Gasteiger partial charge >= 0.3 is 0 Å². The second kappa shape index (κ2) is 6.32. The number of nitrogens with two attached hydrogens (primary N) is 1. The van der Waals surface area contributed by atoms with E-state index in [-0.39, 0.29) is 0 Å². The van der Waals surface area contributed by atoms with Crippen molar-refractivity contribution in [3.8, 4) is 0 Å². The molecule has 100 valence electrons. The second-order valence-electron chi connectivity index (χ2n) is 4.93. The van der Waals surface area contributed by atoms with E-state index >= 15 is 0 Å². The number of anilines is 1. The highest BCUT2D eigenvalue weighted by molar-refractivity contribution is 7.98. The van der Waals surface area contributed by atoms with E-state index in [0.29, 0.717) is 5.92 Å². The Bertz CT molecular complexity index is 405. The minimum atomic E-state index is 0.607. The summed E-state index contributed by atoms with van der Waals surface area (Å²) in [5, 5.41) is 0. The largest absolute Gasteiger partial charge is 0.384 e. The molecule has 1 aliphatic carbocycles. The van der Waals surface area contributed by atoms with E-state index in [4.69, 9.17) is 10.7 Å². The van der Waals surface area contributed by atoms with E-state index in [1.165, 1.54) is 31.5 Å². The average Bonchev–Trinajstić information content (AvgIpc) is 2.98. The van der Waals surface area contributed by atoms with Gasteiger partial charge in [0.1, 0.15) is 11.6 Å². The zero-order valence-electron chi connectivity index (χ0n) is 11.2. The number of hydrogen-bond donors (Lipinski definition) is 1. The van der Waals surface area contributed by atoms with Gasteiger partial charge in [0.05, 0.1) is 5.69 Å². The minimum Gasteiger partial charge on any atom is -0.384 e. The predicted molar refractivity (Wildman–Crippen MR) is 80.1 cm³/mol. The van der Waals surface area contributed by atoms with Crippen LogP contribution >= 0.6 is 11.8 Å². The van der Waals surface area contributed by atoms with E-state index in [2.05, 4.69) is 17.4 Å². The average molecular weight is 265 g/mol. The molecule has 0 saturated heterocycles. The van der Waals surface area contributed by atoms with Gasteiger partial charge in [-0.3, -0.25) is 0 Å². The maximum Gasteiger partial charge on any atom is 0.127 e. The van der Waals surface area contributed by atoms with Crippen LogP contribution in [0.1, 0.15) is 43.1 Å². The number of aryl methyl sites for hydroxylation is 1. The van der Waals surface area contributed by atoms with Gasteiger partial charge in [0.25, 0.3) is 0 Å². The van der Waals surface area contributed by atoms with Crippen molar-refractivity contribution in [1.82, 2.24) is 9.55 Å². The fraction of sp³-hybridized carbons (Fsp3) is 0.643. The van der Waals surface area contributed by atoms with Crippen LogP contribution in [0.5, 0.6) is 0 Å². The Kier molecular flexibility index (Phi) is 4.75. The molecule has 0 amide bonds. The van der Waals surface area contributed by atoms with Gasteiger partial charge in [0.15, 0.2) is 0 Å². The lowest BCUT2D eigenvalue weighted by molar-refractivity contribution is 0.618. The van der Waals surface area contributed by atoms with Crippen molar-refractivity contribution in [2.75, 3.05) is 17.7 Å². The summed E-state index contributed by atoms with van der Waals surface area (Å²) in [4.78, 5) is 4.82. The third-order valence-electron chi connectivity index (χ3n) is 3.69. The molecule has 1 heterocycles. The standard InChI is InChI=1S/C14H23N3S/c1-3-9-17-13(15)12(8-10-18-2)16-14(17)11-6-4-5-7-11/h3,11H,1,4-10,15H2,2H3. The lowest BCUT2D eigenvalue weighted by Gasteiger charge is -2.11. The lowest BCUT2D eigenvalue weighted by atomic mass is 10.1. The Labute approximate surface area is 114 Å². The number of nitrogen functional groups attached to an aromatic ring is 1. The molecule has 1 fully saturated rings. The zero-order chi connectivity index (χ0) is 13.0. The SMILES string of the molecule is C=CCn1c(C2CCCC2)nc(CCSC)c1N. The van der Waals surface area contributed by atoms with Crippen LogP contribution in [0.25, 0.3) is 0 Å². The maximum absolute atomic E-state index is 6.24. The summed E-state index contributed by atoms with van der Waals surface area (Å²) in [6.45, 7) is 4.61. The Morgan fingerprint density at radius 3 is 2.83 bits per heavy atom. The molecule has 0 unspecified atom stereocenters. The van der Waals surface area contributed by atoms with Crippen LogP contribution in [-0.2, 0) is 13.0 Å². The molecule has 3 nitrogen and oxygen atoms in total. The molecular formula is C14H23N3S. The monoisotopic (exact) mass is 265 g/mol. The highest BCUT2D eigenvalue weighted by atomic mass is 32.2. The topological polar surface area (TPSA) is 43.8 Å². The summed E-state index contributed by atoms with van der Waals surface area (Å²) in [6, 6.07) is 0. The first-order chi connectivity index (χ1) is 8.77. The van der Waals surface area contributed by atoms with E-state index in [1.54, 1.807) is 0 Å². The summed E-state index contributed by atoms with van der Waals surface area (Å²) >= 11 is 1.84. The number of rotatable bonds is 6. The minimum absolute atomic E-state index is 0.607. The zero-order valence-corrected chi connectivity index (χ0v) is 12.0. The molecule has 0 spiro atoms. The number of thioether (sulfide) groups is 1. The highest BCUT2D eigenvalue weighted by Crippen LogP contribution is 2.35. The van der Waals surface area contributed by atoms with Crippen molar-refractivity contribution in [2.45, 2.75) is 44.6 Å². The number of nitrogens with zero attached hydrogens (tertiary/aromatic N) is 2. The molecule has 2 N–H and O–H groups in total. The van der Waals surface area contributed by atoms with Crippen molar-refractivity contribution >= 4 is 17.6 Å². The van der Waals surface area contributed by atoms with Crippen LogP contribution in [0.4, 0.5) is 5.82 Å². The van der Waals surface area contributed by atoms with Crippen molar-refractivity contribution in [1.29, 1.82) is 0 Å². The molecule has 0 aromatic carbocycles. The summed E-state index contributed by atoms with van der Waals surface area (Å²) in [6.07, 6.45) is 10.2. The number of hydrogen-bond acceptors (Lipinski definition) is 3. The Morgan fingerprint density at radius 1 is 1.50 bits per heavy atom. The first kappa shape index (κ1) is 13.5. The Morgan fingerprint density at radius 2 is 2.22 bits per heavy atom. The molecule has 1 aliphatic rings. The molecule has 18 heavy (non-hydrogen) atoms. The Balaban J connectivity index is 2.27.